The lowest BCUT2D eigenvalue weighted by Gasteiger charge is -2.29. The van der Waals surface area contributed by atoms with Gasteiger partial charge in [-0.05, 0) is 73.4 Å². The largest absolute Gasteiger partial charge is 0.494 e. The fraction of sp³-hybridized carbons (Fsp3) is 0.633. The molecule has 0 bridgehead atoms. The van der Waals surface area contributed by atoms with Crippen LogP contribution in [0.25, 0.3) is 11.3 Å². The Morgan fingerprint density at radius 2 is 1.56 bits per heavy atom. The van der Waals surface area contributed by atoms with Crippen molar-refractivity contribution in [1.29, 1.82) is 0 Å². The lowest BCUT2D eigenvalue weighted by Crippen LogP contribution is -2.16. The Labute approximate surface area is 197 Å². The molecule has 1 saturated carbocycles. The van der Waals surface area contributed by atoms with E-state index in [2.05, 4.69) is 56.4 Å². The van der Waals surface area contributed by atoms with Crippen LogP contribution < -0.4 is 4.74 Å². The quantitative estimate of drug-likeness (QED) is 0.276. The monoisotopic (exact) mass is 435 g/mol. The molecule has 0 radical (unpaired) electrons. The summed E-state index contributed by atoms with van der Waals surface area (Å²) in [4.78, 5) is 4.76. The van der Waals surface area contributed by atoms with Gasteiger partial charge in [0.25, 0.3) is 0 Å². The van der Waals surface area contributed by atoms with Crippen LogP contribution in [0.3, 0.4) is 0 Å². The van der Waals surface area contributed by atoms with E-state index in [0.29, 0.717) is 0 Å². The van der Waals surface area contributed by atoms with Gasteiger partial charge in [-0.25, -0.2) is 0 Å². The van der Waals surface area contributed by atoms with E-state index in [4.69, 9.17) is 9.72 Å². The summed E-state index contributed by atoms with van der Waals surface area (Å²) in [6, 6.07) is 12.9. The third-order valence-corrected chi connectivity index (χ3v) is 7.19. The molecule has 1 aliphatic rings. The molecule has 176 valence electrons. The SMILES string of the molecule is CCCCCCOc1ccc(-c2ccc(CCC3CCCC(CCCCC)C3)cn2)cc1. The fourth-order valence-electron chi connectivity index (χ4n) is 5.16. The summed E-state index contributed by atoms with van der Waals surface area (Å²) in [5.74, 6) is 2.87. The van der Waals surface area contributed by atoms with Gasteiger partial charge in [-0.15, -0.1) is 0 Å². The summed E-state index contributed by atoms with van der Waals surface area (Å²) < 4.78 is 5.87. The molecule has 2 aromatic rings. The van der Waals surface area contributed by atoms with Gasteiger partial charge in [0.05, 0.1) is 12.3 Å². The van der Waals surface area contributed by atoms with E-state index in [9.17, 15) is 0 Å². The number of ether oxygens (including phenoxy) is 1. The summed E-state index contributed by atoms with van der Waals surface area (Å²) >= 11 is 0. The number of aromatic nitrogens is 1. The van der Waals surface area contributed by atoms with Crippen molar-refractivity contribution < 1.29 is 4.74 Å². The van der Waals surface area contributed by atoms with Crippen molar-refractivity contribution in [2.45, 2.75) is 104 Å². The molecule has 0 aliphatic heterocycles. The topological polar surface area (TPSA) is 22.1 Å². The van der Waals surface area contributed by atoms with Gasteiger partial charge < -0.3 is 4.74 Å². The molecule has 2 atom stereocenters. The lowest BCUT2D eigenvalue weighted by molar-refractivity contribution is 0.240. The number of pyridine rings is 1. The van der Waals surface area contributed by atoms with Gasteiger partial charge in [0.2, 0.25) is 0 Å². The normalized spacial score (nSPS) is 18.6. The molecule has 32 heavy (non-hydrogen) atoms. The molecular formula is C30H45NO. The van der Waals surface area contributed by atoms with Crippen LogP contribution in [0.1, 0.15) is 103 Å². The van der Waals surface area contributed by atoms with Crippen molar-refractivity contribution >= 4 is 0 Å². The highest BCUT2D eigenvalue weighted by Gasteiger charge is 2.21. The number of benzene rings is 1. The van der Waals surface area contributed by atoms with Crippen molar-refractivity contribution in [3.8, 4) is 17.0 Å². The van der Waals surface area contributed by atoms with Gasteiger partial charge in [-0.1, -0.05) is 84.1 Å². The molecule has 3 rings (SSSR count). The van der Waals surface area contributed by atoms with Crippen molar-refractivity contribution in [3.05, 3.63) is 48.2 Å². The molecule has 1 aromatic carbocycles. The van der Waals surface area contributed by atoms with Crippen LogP contribution in [-0.2, 0) is 6.42 Å². The summed E-state index contributed by atoms with van der Waals surface area (Å²) in [5, 5.41) is 0. The highest BCUT2D eigenvalue weighted by molar-refractivity contribution is 5.60. The number of rotatable bonds is 14. The Kier molecular flexibility index (Phi) is 11.1. The molecule has 1 aromatic heterocycles. The van der Waals surface area contributed by atoms with Gasteiger partial charge >= 0.3 is 0 Å². The minimum atomic E-state index is 0.812. The Balaban J connectivity index is 1.41. The zero-order valence-corrected chi connectivity index (χ0v) is 20.7. The first-order chi connectivity index (χ1) is 15.8. The summed E-state index contributed by atoms with van der Waals surface area (Å²) in [6.07, 6.45) is 21.0. The van der Waals surface area contributed by atoms with Crippen LogP contribution in [-0.4, -0.2) is 11.6 Å². The van der Waals surface area contributed by atoms with Crippen molar-refractivity contribution in [3.63, 3.8) is 0 Å². The Hall–Kier alpha value is -1.83. The lowest BCUT2D eigenvalue weighted by atomic mass is 9.77. The molecule has 0 saturated heterocycles. The number of aryl methyl sites for hydroxylation is 1. The number of unbranched alkanes of at least 4 members (excludes halogenated alkanes) is 5. The first-order valence-corrected chi connectivity index (χ1v) is 13.5. The first kappa shape index (κ1) is 24.8. The predicted molar refractivity (Wildman–Crippen MR) is 137 cm³/mol. The highest BCUT2D eigenvalue weighted by atomic mass is 16.5. The van der Waals surface area contributed by atoms with E-state index in [1.165, 1.54) is 89.0 Å². The third-order valence-electron chi connectivity index (χ3n) is 7.19. The van der Waals surface area contributed by atoms with Gasteiger partial charge in [0.1, 0.15) is 5.75 Å². The second-order valence-corrected chi connectivity index (χ2v) is 9.92. The molecule has 2 heteroatoms. The highest BCUT2D eigenvalue weighted by Crippen LogP contribution is 2.34. The summed E-state index contributed by atoms with van der Waals surface area (Å²) in [5.41, 5.74) is 3.60. The molecule has 0 spiro atoms. The second kappa shape index (κ2) is 14.3. The van der Waals surface area contributed by atoms with E-state index < -0.39 is 0 Å². The second-order valence-electron chi connectivity index (χ2n) is 9.92. The van der Waals surface area contributed by atoms with Crippen LogP contribution in [0.15, 0.2) is 42.6 Å². The number of nitrogens with zero attached hydrogens (tertiary/aromatic N) is 1. The van der Waals surface area contributed by atoms with Gasteiger partial charge in [-0.2, -0.15) is 0 Å². The molecule has 2 unspecified atom stereocenters. The predicted octanol–water partition coefficient (Wildman–Crippen LogP) is 9.03. The van der Waals surface area contributed by atoms with Gasteiger partial charge in [0, 0.05) is 11.8 Å². The van der Waals surface area contributed by atoms with E-state index in [1.807, 2.05) is 0 Å². The maximum Gasteiger partial charge on any atom is 0.119 e. The maximum absolute atomic E-state index is 5.87. The summed E-state index contributed by atoms with van der Waals surface area (Å²) in [6.45, 7) is 5.36. The molecule has 1 fully saturated rings. The van der Waals surface area contributed by atoms with Crippen molar-refractivity contribution in [2.24, 2.45) is 11.8 Å². The fourth-order valence-corrected chi connectivity index (χ4v) is 5.16. The maximum atomic E-state index is 5.87. The van der Waals surface area contributed by atoms with Crippen molar-refractivity contribution in [2.75, 3.05) is 6.61 Å². The van der Waals surface area contributed by atoms with Crippen LogP contribution >= 0.6 is 0 Å². The van der Waals surface area contributed by atoms with Crippen LogP contribution in [0.4, 0.5) is 0 Å². The zero-order valence-electron chi connectivity index (χ0n) is 20.7. The average molecular weight is 436 g/mol. The van der Waals surface area contributed by atoms with Crippen molar-refractivity contribution in [1.82, 2.24) is 4.98 Å². The molecule has 1 aliphatic carbocycles. The molecule has 2 nitrogen and oxygen atoms in total. The number of hydrogen-bond acceptors (Lipinski definition) is 2. The van der Waals surface area contributed by atoms with E-state index >= 15 is 0 Å². The van der Waals surface area contributed by atoms with Gasteiger partial charge in [0.15, 0.2) is 0 Å². The Morgan fingerprint density at radius 3 is 2.28 bits per heavy atom. The van der Waals surface area contributed by atoms with E-state index in [1.54, 1.807) is 0 Å². The molecule has 0 N–H and O–H groups in total. The minimum Gasteiger partial charge on any atom is -0.494 e. The summed E-state index contributed by atoms with van der Waals surface area (Å²) in [7, 11) is 0. The zero-order chi connectivity index (χ0) is 22.4. The third kappa shape index (κ3) is 8.60. The Bertz CT molecular complexity index is 736. The van der Waals surface area contributed by atoms with Crippen LogP contribution in [0.2, 0.25) is 0 Å². The number of hydrogen-bond donors (Lipinski definition) is 0. The molecule has 1 heterocycles. The molecule has 0 amide bonds. The van der Waals surface area contributed by atoms with E-state index in [-0.39, 0.29) is 0 Å². The van der Waals surface area contributed by atoms with Crippen LogP contribution in [0.5, 0.6) is 5.75 Å². The average Bonchev–Trinajstić information content (AvgIpc) is 2.84. The standard InChI is InChI=1S/C30H45NO/c1-3-5-7-9-22-32-29-19-17-28(18-20-29)30-21-16-27(24-31-30)15-14-26-13-10-12-25(23-26)11-8-6-4-2/h16-21,24-26H,3-15,22-23H2,1-2H3. The Morgan fingerprint density at radius 1 is 0.812 bits per heavy atom. The smallest absolute Gasteiger partial charge is 0.119 e. The van der Waals surface area contributed by atoms with E-state index in [0.717, 1.165) is 41.9 Å². The van der Waals surface area contributed by atoms with Gasteiger partial charge in [-0.3, -0.25) is 4.98 Å². The van der Waals surface area contributed by atoms with Crippen LogP contribution in [0, 0.1) is 11.8 Å². The molecular weight excluding hydrogens is 390 g/mol. The minimum absolute atomic E-state index is 0.812. The first-order valence-electron chi connectivity index (χ1n) is 13.5.